The number of amides is 1. The van der Waals surface area contributed by atoms with Gasteiger partial charge in [-0.2, -0.15) is 0 Å². The van der Waals surface area contributed by atoms with Crippen molar-refractivity contribution in [3.63, 3.8) is 0 Å². The van der Waals surface area contributed by atoms with Crippen LogP contribution in [0.25, 0.3) is 0 Å². The molecule has 1 aliphatic heterocycles. The summed E-state index contributed by atoms with van der Waals surface area (Å²) in [5.74, 6) is 1.71. The summed E-state index contributed by atoms with van der Waals surface area (Å²) < 4.78 is 6.04. The Kier molecular flexibility index (Phi) is 5.93. The highest BCUT2D eigenvalue weighted by atomic mass is 16.5. The molecule has 148 valence electrons. The molecule has 1 aliphatic carbocycles. The second-order valence-electron chi connectivity index (χ2n) is 7.68. The van der Waals surface area contributed by atoms with Crippen molar-refractivity contribution in [1.29, 1.82) is 0 Å². The van der Waals surface area contributed by atoms with Gasteiger partial charge >= 0.3 is 0 Å². The highest BCUT2D eigenvalue weighted by molar-refractivity contribution is 5.94. The Morgan fingerprint density at radius 1 is 1.07 bits per heavy atom. The smallest absolute Gasteiger partial charge is 0.253 e. The molecule has 2 aliphatic rings. The van der Waals surface area contributed by atoms with E-state index in [4.69, 9.17) is 4.74 Å². The van der Waals surface area contributed by atoms with Crippen molar-refractivity contribution in [1.82, 2.24) is 15.1 Å². The van der Waals surface area contributed by atoms with Gasteiger partial charge in [0, 0.05) is 49.9 Å². The molecule has 1 amide bonds. The zero-order chi connectivity index (χ0) is 19.3. The van der Waals surface area contributed by atoms with E-state index in [9.17, 15) is 4.79 Å². The lowest BCUT2D eigenvalue weighted by Gasteiger charge is -2.22. The highest BCUT2D eigenvalue weighted by Gasteiger charge is 2.31. The fraction of sp³-hybridized carbons (Fsp3) is 0.435. The van der Waals surface area contributed by atoms with Crippen molar-refractivity contribution >= 4 is 5.91 Å². The van der Waals surface area contributed by atoms with Gasteiger partial charge < -0.3 is 15.0 Å². The van der Waals surface area contributed by atoms with Crippen LogP contribution >= 0.6 is 0 Å². The molecule has 2 aromatic carbocycles. The average Bonchev–Trinajstić information content (AvgIpc) is 3.56. The molecule has 1 N–H and O–H groups in total. The van der Waals surface area contributed by atoms with Crippen LogP contribution in [0, 0.1) is 0 Å². The van der Waals surface area contributed by atoms with Gasteiger partial charge in [-0.3, -0.25) is 9.69 Å². The minimum absolute atomic E-state index is 0.126. The van der Waals surface area contributed by atoms with Gasteiger partial charge in [-0.05, 0) is 56.6 Å². The Hall–Kier alpha value is -2.37. The molecule has 0 atom stereocenters. The molecule has 28 heavy (non-hydrogen) atoms. The van der Waals surface area contributed by atoms with Crippen molar-refractivity contribution in [2.45, 2.75) is 31.8 Å². The molecule has 0 spiro atoms. The normalized spacial score (nSPS) is 18.0. The van der Waals surface area contributed by atoms with E-state index < -0.39 is 0 Å². The maximum absolute atomic E-state index is 13.1. The second-order valence-corrected chi connectivity index (χ2v) is 7.68. The van der Waals surface area contributed by atoms with Gasteiger partial charge in [0.25, 0.3) is 5.91 Å². The summed E-state index contributed by atoms with van der Waals surface area (Å²) >= 11 is 0. The van der Waals surface area contributed by atoms with Gasteiger partial charge in [0.15, 0.2) is 0 Å². The zero-order valence-corrected chi connectivity index (χ0v) is 16.6. The maximum Gasteiger partial charge on any atom is 0.253 e. The predicted octanol–water partition coefficient (Wildman–Crippen LogP) is 3.51. The van der Waals surface area contributed by atoms with E-state index in [1.54, 1.807) is 0 Å². The van der Waals surface area contributed by atoms with Gasteiger partial charge in [0.1, 0.15) is 11.5 Å². The number of carbonyl (C=O) groups is 1. The number of hydrogen-bond donors (Lipinski definition) is 1. The third kappa shape index (κ3) is 4.54. The molecule has 1 saturated heterocycles. The molecule has 4 rings (SSSR count). The number of rotatable bonds is 6. The van der Waals surface area contributed by atoms with Gasteiger partial charge in [0.2, 0.25) is 0 Å². The van der Waals surface area contributed by atoms with Crippen molar-refractivity contribution in [3.05, 3.63) is 59.7 Å². The molecule has 0 bridgehead atoms. The summed E-state index contributed by atoms with van der Waals surface area (Å²) in [6, 6.07) is 16.3. The summed E-state index contributed by atoms with van der Waals surface area (Å²) in [7, 11) is 1.90. The number of ether oxygens (including phenoxy) is 1. The lowest BCUT2D eigenvalue weighted by molar-refractivity contribution is 0.0761. The number of carbonyl (C=O) groups excluding carboxylic acids is 1. The summed E-state index contributed by atoms with van der Waals surface area (Å²) in [4.78, 5) is 17.7. The van der Waals surface area contributed by atoms with Crippen LogP contribution in [-0.4, -0.2) is 55.0 Å². The predicted molar refractivity (Wildman–Crippen MR) is 111 cm³/mol. The van der Waals surface area contributed by atoms with Crippen LogP contribution < -0.4 is 10.1 Å². The van der Waals surface area contributed by atoms with Crippen LogP contribution in [0.4, 0.5) is 0 Å². The lowest BCUT2D eigenvalue weighted by atomic mass is 10.1. The summed E-state index contributed by atoms with van der Waals surface area (Å²) in [5, 5.41) is 3.18. The minimum atomic E-state index is 0.126. The molecular weight excluding hydrogens is 350 g/mol. The van der Waals surface area contributed by atoms with Gasteiger partial charge in [0.05, 0.1) is 0 Å². The highest BCUT2D eigenvalue weighted by Crippen LogP contribution is 2.29. The summed E-state index contributed by atoms with van der Waals surface area (Å²) in [5.41, 5.74) is 1.73. The molecule has 2 fully saturated rings. The van der Waals surface area contributed by atoms with Crippen LogP contribution in [0.2, 0.25) is 0 Å². The van der Waals surface area contributed by atoms with Crippen LogP contribution in [0.1, 0.15) is 35.2 Å². The number of nitrogens with one attached hydrogen (secondary N) is 1. The van der Waals surface area contributed by atoms with Crippen LogP contribution in [0.15, 0.2) is 48.5 Å². The van der Waals surface area contributed by atoms with Gasteiger partial charge in [-0.25, -0.2) is 0 Å². The van der Waals surface area contributed by atoms with Gasteiger partial charge in [-0.1, -0.05) is 18.2 Å². The molecule has 0 radical (unpaired) electrons. The number of nitrogens with zero attached hydrogens (tertiary/aromatic N) is 2. The van der Waals surface area contributed by atoms with E-state index in [0.717, 1.165) is 61.3 Å². The van der Waals surface area contributed by atoms with Crippen molar-refractivity contribution < 1.29 is 9.53 Å². The molecule has 2 aromatic rings. The third-order valence-corrected chi connectivity index (χ3v) is 5.53. The summed E-state index contributed by atoms with van der Waals surface area (Å²) in [6.45, 7) is 4.42. The first-order valence-corrected chi connectivity index (χ1v) is 10.3. The monoisotopic (exact) mass is 379 g/mol. The Balaban J connectivity index is 1.48. The molecule has 5 nitrogen and oxygen atoms in total. The molecule has 1 saturated carbocycles. The van der Waals surface area contributed by atoms with Crippen LogP contribution in [-0.2, 0) is 6.54 Å². The first kappa shape index (κ1) is 19.0. The minimum Gasteiger partial charge on any atom is -0.457 e. The Morgan fingerprint density at radius 3 is 2.64 bits per heavy atom. The Morgan fingerprint density at radius 2 is 1.89 bits per heavy atom. The largest absolute Gasteiger partial charge is 0.457 e. The topological polar surface area (TPSA) is 44.8 Å². The zero-order valence-electron chi connectivity index (χ0n) is 16.6. The lowest BCUT2D eigenvalue weighted by Crippen LogP contribution is -2.35. The van der Waals surface area contributed by atoms with Crippen LogP contribution in [0.3, 0.4) is 0 Å². The SMILES string of the molecule is CNCc1cc(C(=O)N2CCCN(C3CC3)CC2)ccc1Oc1ccccc1. The Labute approximate surface area is 167 Å². The Bertz CT molecular complexity index is 805. The fourth-order valence-electron chi connectivity index (χ4n) is 3.88. The number of para-hydroxylation sites is 1. The van der Waals surface area contributed by atoms with E-state index >= 15 is 0 Å². The van der Waals surface area contributed by atoms with E-state index in [1.807, 2.05) is 60.5 Å². The first-order valence-electron chi connectivity index (χ1n) is 10.3. The quantitative estimate of drug-likeness (QED) is 0.834. The standard InChI is InChI=1S/C23H29N3O2/c1-24-17-19-16-18(8-11-22(19)28-21-6-3-2-4-7-21)23(27)26-13-5-12-25(14-15-26)20-9-10-20/h2-4,6-8,11,16,20,24H,5,9-10,12-15,17H2,1H3. The van der Waals surface area contributed by atoms with Crippen LogP contribution in [0.5, 0.6) is 11.5 Å². The number of benzene rings is 2. The van der Waals surface area contributed by atoms with E-state index in [-0.39, 0.29) is 5.91 Å². The average molecular weight is 380 g/mol. The molecule has 0 unspecified atom stereocenters. The van der Waals surface area contributed by atoms with Gasteiger partial charge in [-0.15, -0.1) is 0 Å². The van der Waals surface area contributed by atoms with E-state index in [2.05, 4.69) is 10.2 Å². The summed E-state index contributed by atoms with van der Waals surface area (Å²) in [6.07, 6.45) is 3.70. The fourth-order valence-corrected chi connectivity index (χ4v) is 3.88. The first-order chi connectivity index (χ1) is 13.7. The van der Waals surface area contributed by atoms with Crippen molar-refractivity contribution in [2.75, 3.05) is 33.2 Å². The molecular formula is C23H29N3O2. The third-order valence-electron chi connectivity index (χ3n) is 5.53. The molecule has 5 heteroatoms. The molecule has 1 heterocycles. The molecule has 0 aromatic heterocycles. The van der Waals surface area contributed by atoms with Crippen molar-refractivity contribution in [2.24, 2.45) is 0 Å². The van der Waals surface area contributed by atoms with E-state index in [0.29, 0.717) is 6.54 Å². The van der Waals surface area contributed by atoms with Crippen molar-refractivity contribution in [3.8, 4) is 11.5 Å². The maximum atomic E-state index is 13.1. The van der Waals surface area contributed by atoms with E-state index in [1.165, 1.54) is 12.8 Å². The second kappa shape index (κ2) is 8.76. The number of hydrogen-bond acceptors (Lipinski definition) is 4.